The van der Waals surface area contributed by atoms with E-state index in [1.54, 1.807) is 23.4 Å². The molecule has 0 spiro atoms. The number of hydrogen-bond donors (Lipinski definition) is 2. The number of nitrogens with zero attached hydrogens (tertiary/aromatic N) is 2. The predicted molar refractivity (Wildman–Crippen MR) is 68.5 cm³/mol. The van der Waals surface area contributed by atoms with Crippen LogP contribution in [0.1, 0.15) is 31.1 Å². The standard InChI is InChI=1S/C12H20N4O/c1-4-16(8-9(2)3)12(17)10-5-6-14-7-11(10)15-13/h5-7,9,15H,4,8,13H2,1-3H3. The first-order chi connectivity index (χ1) is 8.10. The molecule has 5 nitrogen and oxygen atoms in total. The van der Waals surface area contributed by atoms with Gasteiger partial charge in [-0.3, -0.25) is 15.6 Å². The molecular weight excluding hydrogens is 216 g/mol. The number of nitrogen functional groups attached to an aromatic ring is 1. The van der Waals surface area contributed by atoms with Gasteiger partial charge in [0.05, 0.1) is 17.4 Å². The number of carbonyl (C=O) groups excluding carboxylic acids is 1. The second-order valence-corrected chi connectivity index (χ2v) is 4.30. The second-order valence-electron chi connectivity index (χ2n) is 4.30. The summed E-state index contributed by atoms with van der Waals surface area (Å²) in [5, 5.41) is 0. The van der Waals surface area contributed by atoms with Crippen LogP contribution in [0.4, 0.5) is 5.69 Å². The predicted octanol–water partition coefficient (Wildman–Crippen LogP) is 1.49. The maximum absolute atomic E-state index is 12.3. The van der Waals surface area contributed by atoms with Crippen molar-refractivity contribution in [1.29, 1.82) is 0 Å². The number of hydrogen-bond acceptors (Lipinski definition) is 4. The molecule has 1 aromatic rings. The Balaban J connectivity index is 2.93. The molecule has 0 saturated heterocycles. The van der Waals surface area contributed by atoms with Crippen molar-refractivity contribution >= 4 is 11.6 Å². The largest absolute Gasteiger partial charge is 0.339 e. The SMILES string of the molecule is CCN(CC(C)C)C(=O)c1ccncc1NN. The van der Waals surface area contributed by atoms with Crippen molar-refractivity contribution in [2.45, 2.75) is 20.8 Å². The van der Waals surface area contributed by atoms with E-state index in [2.05, 4.69) is 24.3 Å². The molecule has 0 aromatic carbocycles. The third kappa shape index (κ3) is 3.42. The van der Waals surface area contributed by atoms with Gasteiger partial charge in [-0.1, -0.05) is 13.8 Å². The van der Waals surface area contributed by atoms with E-state index in [4.69, 9.17) is 5.84 Å². The topological polar surface area (TPSA) is 71.2 Å². The quantitative estimate of drug-likeness (QED) is 0.600. The van der Waals surface area contributed by atoms with Gasteiger partial charge in [0.1, 0.15) is 0 Å². The lowest BCUT2D eigenvalue weighted by atomic mass is 10.1. The van der Waals surface area contributed by atoms with Crippen LogP contribution in [0.2, 0.25) is 0 Å². The maximum atomic E-state index is 12.3. The van der Waals surface area contributed by atoms with Crippen LogP contribution in [0.25, 0.3) is 0 Å². The van der Waals surface area contributed by atoms with E-state index in [0.29, 0.717) is 23.7 Å². The second kappa shape index (κ2) is 6.20. The number of nitrogens with two attached hydrogens (primary N) is 1. The molecule has 1 amide bonds. The van der Waals surface area contributed by atoms with E-state index in [9.17, 15) is 4.79 Å². The fourth-order valence-electron chi connectivity index (χ4n) is 1.66. The van der Waals surface area contributed by atoms with Gasteiger partial charge in [0.15, 0.2) is 0 Å². The molecule has 0 aliphatic rings. The Morgan fingerprint density at radius 2 is 2.29 bits per heavy atom. The van der Waals surface area contributed by atoms with E-state index in [0.717, 1.165) is 6.54 Å². The Kier molecular flexibility index (Phi) is 4.90. The van der Waals surface area contributed by atoms with Gasteiger partial charge in [-0.2, -0.15) is 0 Å². The van der Waals surface area contributed by atoms with Crippen molar-refractivity contribution in [2.75, 3.05) is 18.5 Å². The summed E-state index contributed by atoms with van der Waals surface area (Å²) >= 11 is 0. The van der Waals surface area contributed by atoms with Crippen LogP contribution in [0, 0.1) is 5.92 Å². The molecule has 0 unspecified atom stereocenters. The van der Waals surface area contributed by atoms with Crippen molar-refractivity contribution < 1.29 is 4.79 Å². The monoisotopic (exact) mass is 236 g/mol. The highest BCUT2D eigenvalue weighted by molar-refractivity contribution is 5.99. The van der Waals surface area contributed by atoms with E-state index < -0.39 is 0 Å². The summed E-state index contributed by atoms with van der Waals surface area (Å²) in [6.45, 7) is 7.57. The number of anilines is 1. The van der Waals surface area contributed by atoms with Gasteiger partial charge in [0, 0.05) is 19.3 Å². The molecule has 94 valence electrons. The Morgan fingerprint density at radius 1 is 1.59 bits per heavy atom. The van der Waals surface area contributed by atoms with Crippen molar-refractivity contribution in [1.82, 2.24) is 9.88 Å². The lowest BCUT2D eigenvalue weighted by Crippen LogP contribution is -2.34. The summed E-state index contributed by atoms with van der Waals surface area (Å²) in [6, 6.07) is 1.68. The van der Waals surface area contributed by atoms with E-state index >= 15 is 0 Å². The van der Waals surface area contributed by atoms with Crippen LogP contribution < -0.4 is 11.3 Å². The summed E-state index contributed by atoms with van der Waals surface area (Å²) in [5.41, 5.74) is 3.61. The van der Waals surface area contributed by atoms with E-state index in [-0.39, 0.29) is 5.91 Å². The zero-order valence-electron chi connectivity index (χ0n) is 10.6. The first-order valence-electron chi connectivity index (χ1n) is 5.80. The van der Waals surface area contributed by atoms with Gasteiger partial charge in [-0.25, -0.2) is 0 Å². The number of rotatable bonds is 5. The molecule has 1 aromatic heterocycles. The highest BCUT2D eigenvalue weighted by Crippen LogP contribution is 2.15. The summed E-state index contributed by atoms with van der Waals surface area (Å²) < 4.78 is 0. The minimum Gasteiger partial charge on any atom is -0.339 e. The number of nitrogens with one attached hydrogen (secondary N) is 1. The van der Waals surface area contributed by atoms with Crippen LogP contribution >= 0.6 is 0 Å². The molecule has 17 heavy (non-hydrogen) atoms. The zero-order chi connectivity index (χ0) is 12.8. The van der Waals surface area contributed by atoms with Gasteiger partial charge in [-0.05, 0) is 18.9 Å². The molecule has 0 aliphatic carbocycles. The Labute approximate surface area is 102 Å². The zero-order valence-corrected chi connectivity index (χ0v) is 10.6. The van der Waals surface area contributed by atoms with Gasteiger partial charge in [-0.15, -0.1) is 0 Å². The fraction of sp³-hybridized carbons (Fsp3) is 0.500. The molecule has 0 bridgehead atoms. The highest BCUT2D eigenvalue weighted by Gasteiger charge is 2.18. The number of pyridine rings is 1. The molecule has 0 saturated carbocycles. The summed E-state index contributed by atoms with van der Waals surface area (Å²) in [5.74, 6) is 5.79. The molecule has 0 aliphatic heterocycles. The van der Waals surface area contributed by atoms with Crippen molar-refractivity contribution in [3.63, 3.8) is 0 Å². The summed E-state index contributed by atoms with van der Waals surface area (Å²) in [6.07, 6.45) is 3.15. The summed E-state index contributed by atoms with van der Waals surface area (Å²) in [4.78, 5) is 18.0. The molecular formula is C12H20N4O. The van der Waals surface area contributed by atoms with Crippen LogP contribution in [0.5, 0.6) is 0 Å². The van der Waals surface area contributed by atoms with E-state index in [1.807, 2.05) is 6.92 Å². The molecule has 5 heteroatoms. The summed E-state index contributed by atoms with van der Waals surface area (Å²) in [7, 11) is 0. The molecule has 0 atom stereocenters. The lowest BCUT2D eigenvalue weighted by molar-refractivity contribution is 0.0746. The molecule has 0 radical (unpaired) electrons. The minimum absolute atomic E-state index is 0.0171. The van der Waals surface area contributed by atoms with Gasteiger partial charge >= 0.3 is 0 Å². The van der Waals surface area contributed by atoms with Crippen molar-refractivity contribution in [2.24, 2.45) is 11.8 Å². The highest BCUT2D eigenvalue weighted by atomic mass is 16.2. The molecule has 1 heterocycles. The van der Waals surface area contributed by atoms with Crippen LogP contribution in [-0.4, -0.2) is 28.9 Å². The number of amides is 1. The third-order valence-electron chi connectivity index (χ3n) is 2.46. The number of hydrazine groups is 1. The van der Waals surface area contributed by atoms with Crippen LogP contribution in [0.15, 0.2) is 18.5 Å². The van der Waals surface area contributed by atoms with Crippen LogP contribution in [-0.2, 0) is 0 Å². The fourth-order valence-corrected chi connectivity index (χ4v) is 1.66. The Hall–Kier alpha value is -1.62. The first-order valence-corrected chi connectivity index (χ1v) is 5.80. The molecule has 0 fully saturated rings. The van der Waals surface area contributed by atoms with Gasteiger partial charge in [0.25, 0.3) is 5.91 Å². The molecule has 3 N–H and O–H groups in total. The normalized spacial score (nSPS) is 10.4. The lowest BCUT2D eigenvalue weighted by Gasteiger charge is -2.23. The van der Waals surface area contributed by atoms with Crippen LogP contribution in [0.3, 0.4) is 0 Å². The van der Waals surface area contributed by atoms with Crippen molar-refractivity contribution in [3.8, 4) is 0 Å². The van der Waals surface area contributed by atoms with Gasteiger partial charge in [0.2, 0.25) is 0 Å². The number of aromatic nitrogens is 1. The van der Waals surface area contributed by atoms with Crippen molar-refractivity contribution in [3.05, 3.63) is 24.0 Å². The number of carbonyl (C=O) groups is 1. The maximum Gasteiger partial charge on any atom is 0.256 e. The van der Waals surface area contributed by atoms with E-state index in [1.165, 1.54) is 0 Å². The third-order valence-corrected chi connectivity index (χ3v) is 2.46. The minimum atomic E-state index is -0.0171. The Morgan fingerprint density at radius 3 is 2.82 bits per heavy atom. The first kappa shape index (κ1) is 13.4. The molecule has 1 rings (SSSR count). The smallest absolute Gasteiger partial charge is 0.256 e. The Bertz CT molecular complexity index is 379. The average Bonchev–Trinajstić information content (AvgIpc) is 2.34. The average molecular weight is 236 g/mol. The van der Waals surface area contributed by atoms with Gasteiger partial charge < -0.3 is 10.3 Å².